The molecule has 1 saturated carbocycles. The van der Waals surface area contributed by atoms with Crippen LogP contribution in [0.2, 0.25) is 10.0 Å². The van der Waals surface area contributed by atoms with E-state index in [9.17, 15) is 9.90 Å². The maximum absolute atomic E-state index is 11.9. The van der Waals surface area contributed by atoms with E-state index in [1.807, 2.05) is 6.07 Å². The number of aliphatic hydroxyl groups is 1. The summed E-state index contributed by atoms with van der Waals surface area (Å²) in [6.07, 6.45) is 5.72. The smallest absolute Gasteiger partial charge is 0.220 e. The molecule has 0 bridgehead atoms. The van der Waals surface area contributed by atoms with Crippen LogP contribution in [0.5, 0.6) is 0 Å². The number of halogens is 2. The summed E-state index contributed by atoms with van der Waals surface area (Å²) in [7, 11) is 0. The number of benzene rings is 1. The van der Waals surface area contributed by atoms with E-state index in [4.69, 9.17) is 23.2 Å². The van der Waals surface area contributed by atoms with Crippen molar-refractivity contribution in [2.45, 2.75) is 50.5 Å². The molecule has 0 saturated heterocycles. The highest BCUT2D eigenvalue weighted by Gasteiger charge is 2.29. The van der Waals surface area contributed by atoms with Gasteiger partial charge in [0.1, 0.15) is 0 Å². The molecule has 3 nitrogen and oxygen atoms in total. The minimum Gasteiger partial charge on any atom is -0.388 e. The summed E-state index contributed by atoms with van der Waals surface area (Å²) in [5.74, 6) is -0.0555. The van der Waals surface area contributed by atoms with Gasteiger partial charge >= 0.3 is 0 Å². The molecule has 0 radical (unpaired) electrons. The van der Waals surface area contributed by atoms with Crippen LogP contribution in [0.25, 0.3) is 0 Å². The molecule has 1 aliphatic carbocycles. The lowest BCUT2D eigenvalue weighted by Gasteiger charge is -2.32. The van der Waals surface area contributed by atoms with Crippen LogP contribution >= 0.6 is 23.2 Å². The molecule has 2 rings (SSSR count). The van der Waals surface area contributed by atoms with E-state index in [2.05, 4.69) is 5.32 Å². The lowest BCUT2D eigenvalue weighted by Crippen LogP contribution is -2.44. The molecule has 116 valence electrons. The Bertz CT molecular complexity index is 499. The number of amides is 1. The van der Waals surface area contributed by atoms with Crippen molar-refractivity contribution in [1.29, 1.82) is 0 Å². The van der Waals surface area contributed by atoms with Crippen molar-refractivity contribution in [3.8, 4) is 0 Å². The van der Waals surface area contributed by atoms with E-state index >= 15 is 0 Å². The Labute approximate surface area is 135 Å². The third-order valence-electron chi connectivity index (χ3n) is 4.04. The van der Waals surface area contributed by atoms with Gasteiger partial charge in [0.2, 0.25) is 5.91 Å². The van der Waals surface area contributed by atoms with Crippen molar-refractivity contribution in [2.75, 3.05) is 6.54 Å². The minimum atomic E-state index is -0.716. The Kier molecular flexibility index (Phi) is 5.91. The van der Waals surface area contributed by atoms with Crippen molar-refractivity contribution >= 4 is 29.1 Å². The van der Waals surface area contributed by atoms with Crippen LogP contribution in [0, 0.1) is 0 Å². The van der Waals surface area contributed by atoms with Crippen LogP contribution in [0.1, 0.15) is 44.1 Å². The van der Waals surface area contributed by atoms with Gasteiger partial charge in [-0.2, -0.15) is 0 Å². The third-order valence-corrected chi connectivity index (χ3v) is 4.62. The average Bonchev–Trinajstić information content (AvgIpc) is 2.45. The topological polar surface area (TPSA) is 49.3 Å². The van der Waals surface area contributed by atoms with Gasteiger partial charge in [-0.1, -0.05) is 48.5 Å². The monoisotopic (exact) mass is 329 g/mol. The first-order valence-electron chi connectivity index (χ1n) is 7.42. The fourth-order valence-corrected chi connectivity index (χ4v) is 3.21. The summed E-state index contributed by atoms with van der Waals surface area (Å²) in [5.41, 5.74) is 0.193. The molecular weight excluding hydrogens is 309 g/mol. The largest absolute Gasteiger partial charge is 0.388 e. The normalized spacial score (nSPS) is 17.5. The van der Waals surface area contributed by atoms with Gasteiger partial charge in [-0.25, -0.2) is 0 Å². The maximum atomic E-state index is 11.9. The highest BCUT2D eigenvalue weighted by Crippen LogP contribution is 2.27. The van der Waals surface area contributed by atoms with E-state index < -0.39 is 5.60 Å². The second-order valence-electron chi connectivity index (χ2n) is 5.80. The standard InChI is InChI=1S/C16H21Cl2NO2/c17-13-6-4-12(14(18)10-13)5-7-15(20)19-11-16(21)8-2-1-3-9-16/h4,6,10,21H,1-3,5,7-9,11H2,(H,19,20). The van der Waals surface area contributed by atoms with Crippen molar-refractivity contribution in [3.05, 3.63) is 33.8 Å². The quantitative estimate of drug-likeness (QED) is 0.864. The molecule has 1 aromatic rings. The first-order chi connectivity index (χ1) is 9.98. The summed E-state index contributed by atoms with van der Waals surface area (Å²) in [6, 6.07) is 5.29. The van der Waals surface area contributed by atoms with Crippen molar-refractivity contribution in [1.82, 2.24) is 5.32 Å². The molecule has 0 spiro atoms. The average molecular weight is 330 g/mol. The summed E-state index contributed by atoms with van der Waals surface area (Å²) in [5, 5.41) is 14.3. The second kappa shape index (κ2) is 7.48. The highest BCUT2D eigenvalue weighted by atomic mass is 35.5. The van der Waals surface area contributed by atoms with E-state index in [1.165, 1.54) is 6.42 Å². The Morgan fingerprint density at radius 2 is 1.95 bits per heavy atom. The molecule has 0 aliphatic heterocycles. The molecule has 1 aliphatic rings. The second-order valence-corrected chi connectivity index (χ2v) is 6.64. The number of hydrogen-bond donors (Lipinski definition) is 2. The lowest BCUT2D eigenvalue weighted by atomic mass is 9.85. The lowest BCUT2D eigenvalue weighted by molar-refractivity contribution is -0.122. The van der Waals surface area contributed by atoms with Gasteiger partial charge in [-0.05, 0) is 37.0 Å². The number of rotatable bonds is 5. The molecule has 0 heterocycles. The summed E-state index contributed by atoms with van der Waals surface area (Å²) in [6.45, 7) is 0.347. The van der Waals surface area contributed by atoms with Gasteiger partial charge in [0.15, 0.2) is 0 Å². The molecule has 0 aromatic heterocycles. The van der Waals surface area contributed by atoms with E-state index in [0.717, 1.165) is 31.2 Å². The predicted octanol–water partition coefficient (Wildman–Crippen LogP) is 3.74. The van der Waals surface area contributed by atoms with Crippen molar-refractivity contribution in [2.24, 2.45) is 0 Å². The van der Waals surface area contributed by atoms with E-state index in [1.54, 1.807) is 12.1 Å². The van der Waals surface area contributed by atoms with Crippen LogP contribution in [0.15, 0.2) is 18.2 Å². The van der Waals surface area contributed by atoms with Crippen LogP contribution < -0.4 is 5.32 Å². The Morgan fingerprint density at radius 1 is 1.24 bits per heavy atom. The van der Waals surface area contributed by atoms with Gasteiger partial charge < -0.3 is 10.4 Å². The zero-order valence-electron chi connectivity index (χ0n) is 12.0. The van der Waals surface area contributed by atoms with Gasteiger partial charge in [0.25, 0.3) is 0 Å². The van der Waals surface area contributed by atoms with Crippen molar-refractivity contribution < 1.29 is 9.90 Å². The molecule has 1 amide bonds. The number of hydrogen-bond acceptors (Lipinski definition) is 2. The molecule has 1 fully saturated rings. The predicted molar refractivity (Wildman–Crippen MR) is 85.8 cm³/mol. The molecule has 1 aromatic carbocycles. The zero-order valence-corrected chi connectivity index (χ0v) is 13.5. The number of nitrogens with one attached hydrogen (secondary N) is 1. The summed E-state index contributed by atoms with van der Waals surface area (Å²) < 4.78 is 0. The molecule has 5 heteroatoms. The summed E-state index contributed by atoms with van der Waals surface area (Å²) >= 11 is 11.9. The molecule has 2 N–H and O–H groups in total. The van der Waals surface area contributed by atoms with Gasteiger partial charge in [-0.3, -0.25) is 4.79 Å². The number of aryl methyl sites for hydroxylation is 1. The summed E-state index contributed by atoms with van der Waals surface area (Å²) in [4.78, 5) is 11.9. The first kappa shape index (κ1) is 16.6. The molecule has 0 unspecified atom stereocenters. The Balaban J connectivity index is 1.77. The molecule has 0 atom stereocenters. The third kappa shape index (κ3) is 5.17. The first-order valence-corrected chi connectivity index (χ1v) is 8.17. The van der Waals surface area contributed by atoms with Crippen LogP contribution in [0.4, 0.5) is 0 Å². The molecule has 21 heavy (non-hydrogen) atoms. The van der Waals surface area contributed by atoms with E-state index in [0.29, 0.717) is 29.4 Å². The fourth-order valence-electron chi connectivity index (χ4n) is 2.71. The van der Waals surface area contributed by atoms with E-state index in [-0.39, 0.29) is 5.91 Å². The van der Waals surface area contributed by atoms with Gasteiger partial charge in [0, 0.05) is 23.0 Å². The van der Waals surface area contributed by atoms with Gasteiger partial charge in [-0.15, -0.1) is 0 Å². The number of carbonyl (C=O) groups excluding carboxylic acids is 1. The number of carbonyl (C=O) groups is 1. The van der Waals surface area contributed by atoms with Crippen LogP contribution in [-0.4, -0.2) is 23.2 Å². The highest BCUT2D eigenvalue weighted by molar-refractivity contribution is 6.35. The van der Waals surface area contributed by atoms with Gasteiger partial charge in [0.05, 0.1) is 5.60 Å². The Morgan fingerprint density at radius 3 is 2.62 bits per heavy atom. The van der Waals surface area contributed by atoms with Crippen LogP contribution in [0.3, 0.4) is 0 Å². The fraction of sp³-hybridized carbons (Fsp3) is 0.562. The maximum Gasteiger partial charge on any atom is 0.220 e. The molecular formula is C16H21Cl2NO2. The minimum absolute atomic E-state index is 0.0555. The SMILES string of the molecule is O=C(CCc1ccc(Cl)cc1Cl)NCC1(O)CCCCC1. The van der Waals surface area contributed by atoms with Crippen molar-refractivity contribution in [3.63, 3.8) is 0 Å². The Hall–Kier alpha value is -0.770. The van der Waals surface area contributed by atoms with Crippen LogP contribution in [-0.2, 0) is 11.2 Å². The zero-order chi connectivity index (χ0) is 15.3.